The highest BCUT2D eigenvalue weighted by Crippen LogP contribution is 2.37. The number of benzene rings is 5. The summed E-state index contributed by atoms with van der Waals surface area (Å²) < 4.78 is 11.2. The Bertz CT molecular complexity index is 1880. The van der Waals surface area contributed by atoms with Gasteiger partial charge in [-0.05, 0) is 73.2 Å². The number of rotatable bonds is 13. The predicted octanol–water partition coefficient (Wildman–Crippen LogP) is 7.98. The first-order valence-corrected chi connectivity index (χ1v) is 16.2. The number of para-hydroxylation sites is 3. The van der Waals surface area contributed by atoms with Gasteiger partial charge < -0.3 is 25.4 Å². The molecule has 1 unspecified atom stereocenters. The number of anilines is 2. The molecule has 0 aliphatic heterocycles. The average molecular weight is 658 g/mol. The average Bonchev–Trinajstić information content (AvgIpc) is 3.12. The van der Waals surface area contributed by atoms with Crippen LogP contribution in [-0.4, -0.2) is 31.4 Å². The summed E-state index contributed by atoms with van der Waals surface area (Å²) in [7, 11) is 1.56. The molecule has 0 saturated carbocycles. The molecule has 0 aromatic heterocycles. The molecule has 5 aromatic rings. The summed E-state index contributed by atoms with van der Waals surface area (Å²) in [5, 5.41) is 8.08. The third-order valence-corrected chi connectivity index (χ3v) is 8.39. The molecule has 8 nitrogen and oxygen atoms in total. The fourth-order valence-corrected chi connectivity index (χ4v) is 5.81. The molecule has 242 valence electrons. The van der Waals surface area contributed by atoms with Crippen LogP contribution in [0.2, 0.25) is 0 Å². The number of hydrogen-bond acceptors (Lipinski definition) is 6. The Morgan fingerprint density at radius 3 is 2.04 bits per heavy atom. The van der Waals surface area contributed by atoms with Crippen molar-refractivity contribution in [3.63, 3.8) is 0 Å². The first-order valence-electron chi connectivity index (χ1n) is 15.3. The number of ether oxygens (including phenoxy) is 2. The highest BCUT2D eigenvalue weighted by atomic mass is 32.2. The molecule has 3 N–H and O–H groups in total. The largest absolute Gasteiger partial charge is 0.495 e. The van der Waals surface area contributed by atoms with Gasteiger partial charge in [-0.25, -0.2) is 0 Å². The maximum atomic E-state index is 13.6. The molecule has 0 fully saturated rings. The molecule has 0 spiro atoms. The van der Waals surface area contributed by atoms with Gasteiger partial charge in [0.25, 0.3) is 11.8 Å². The summed E-state index contributed by atoms with van der Waals surface area (Å²) in [6.07, 6.45) is 1.59. The van der Waals surface area contributed by atoms with E-state index in [9.17, 15) is 14.4 Å². The van der Waals surface area contributed by atoms with Crippen LogP contribution in [0.4, 0.5) is 11.4 Å². The molecule has 0 saturated heterocycles. The van der Waals surface area contributed by atoms with Gasteiger partial charge in [0, 0.05) is 21.7 Å². The number of methoxy groups -OCH3 is 1. The number of thioether (sulfide) groups is 1. The third kappa shape index (κ3) is 8.92. The second kappa shape index (κ2) is 16.7. The van der Waals surface area contributed by atoms with Gasteiger partial charge in [0.15, 0.2) is 0 Å². The minimum atomic E-state index is -0.565. The van der Waals surface area contributed by atoms with Crippen molar-refractivity contribution in [1.82, 2.24) is 5.32 Å². The number of hydrogen-bond donors (Lipinski definition) is 3. The van der Waals surface area contributed by atoms with E-state index in [1.54, 1.807) is 67.8 Å². The number of amides is 3. The first-order chi connectivity index (χ1) is 23.4. The van der Waals surface area contributed by atoms with Crippen LogP contribution >= 0.6 is 11.8 Å². The summed E-state index contributed by atoms with van der Waals surface area (Å²) in [6.45, 7) is 2.32. The summed E-state index contributed by atoms with van der Waals surface area (Å²) >= 11 is 1.38. The highest BCUT2D eigenvalue weighted by molar-refractivity contribution is 8.00. The van der Waals surface area contributed by atoms with Crippen molar-refractivity contribution in [2.75, 3.05) is 24.4 Å². The fraction of sp³-hybridized carbons (Fsp3) is 0.103. The Balaban J connectivity index is 1.35. The molecular weight excluding hydrogens is 623 g/mol. The van der Waals surface area contributed by atoms with Gasteiger partial charge in [0.1, 0.15) is 22.4 Å². The quantitative estimate of drug-likeness (QED) is 0.0876. The van der Waals surface area contributed by atoms with Crippen molar-refractivity contribution in [3.05, 3.63) is 156 Å². The molecule has 0 aliphatic carbocycles. The summed E-state index contributed by atoms with van der Waals surface area (Å²) in [5.41, 5.74) is 3.03. The van der Waals surface area contributed by atoms with Gasteiger partial charge >= 0.3 is 0 Å². The Morgan fingerprint density at radius 2 is 1.35 bits per heavy atom. The van der Waals surface area contributed by atoms with Crippen molar-refractivity contribution in [2.45, 2.75) is 17.1 Å². The summed E-state index contributed by atoms with van der Waals surface area (Å²) in [4.78, 5) is 41.1. The van der Waals surface area contributed by atoms with Gasteiger partial charge in [0.2, 0.25) is 5.91 Å². The van der Waals surface area contributed by atoms with Crippen molar-refractivity contribution >= 4 is 46.9 Å². The van der Waals surface area contributed by atoms with Gasteiger partial charge in [-0.1, -0.05) is 78.9 Å². The van der Waals surface area contributed by atoms with E-state index in [1.807, 2.05) is 85.8 Å². The Labute approximate surface area is 284 Å². The molecule has 0 heterocycles. The lowest BCUT2D eigenvalue weighted by atomic mass is 10.1. The molecule has 3 amide bonds. The zero-order valence-electron chi connectivity index (χ0n) is 26.5. The molecule has 9 heteroatoms. The van der Waals surface area contributed by atoms with Crippen LogP contribution in [0.15, 0.2) is 144 Å². The van der Waals surface area contributed by atoms with Crippen LogP contribution in [0.5, 0.6) is 11.5 Å². The van der Waals surface area contributed by atoms with Crippen molar-refractivity contribution in [2.24, 2.45) is 0 Å². The molecule has 5 aromatic carbocycles. The van der Waals surface area contributed by atoms with Crippen LogP contribution in [0.25, 0.3) is 6.08 Å². The normalized spacial score (nSPS) is 11.6. The van der Waals surface area contributed by atoms with E-state index in [4.69, 9.17) is 9.47 Å². The topological polar surface area (TPSA) is 106 Å². The van der Waals surface area contributed by atoms with E-state index in [0.717, 1.165) is 10.5 Å². The monoisotopic (exact) mass is 657 g/mol. The zero-order chi connectivity index (χ0) is 33.7. The molecule has 0 aliphatic rings. The van der Waals surface area contributed by atoms with Crippen LogP contribution in [0.3, 0.4) is 0 Å². The summed E-state index contributed by atoms with van der Waals surface area (Å²) in [5.74, 6) is 0.0190. The van der Waals surface area contributed by atoms with Gasteiger partial charge in [-0.2, -0.15) is 0 Å². The molecule has 0 radical (unpaired) electrons. The highest BCUT2D eigenvalue weighted by Gasteiger charge is 2.23. The van der Waals surface area contributed by atoms with E-state index in [1.165, 1.54) is 11.8 Å². The standard InChI is InChI=1S/C39H35N3O5S/c1-3-47-34-20-12-10-18-29(34)26-33(42-37(43)28-16-8-5-9-17-28)38(44)40-30-22-24-31(25-23-30)48-36(27-14-6-4-7-15-27)39(45)41-32-19-11-13-21-35(32)46-2/h4-26,36H,3H2,1-2H3,(H,40,44)(H,41,45)(H,42,43)/b33-26-. The minimum Gasteiger partial charge on any atom is -0.495 e. The lowest BCUT2D eigenvalue weighted by molar-refractivity contribution is -0.116. The molecule has 0 bridgehead atoms. The first kappa shape index (κ1) is 33.6. The number of carbonyl (C=O) groups excluding carboxylic acids is 3. The molecular formula is C39H35N3O5S. The van der Waals surface area contributed by atoms with Gasteiger partial charge in [-0.3, -0.25) is 14.4 Å². The maximum Gasteiger partial charge on any atom is 0.272 e. The van der Waals surface area contributed by atoms with Gasteiger partial charge in [0.05, 0.1) is 19.4 Å². The van der Waals surface area contributed by atoms with E-state index < -0.39 is 17.1 Å². The van der Waals surface area contributed by atoms with Crippen molar-refractivity contribution in [3.8, 4) is 11.5 Å². The lowest BCUT2D eigenvalue weighted by Gasteiger charge is -2.18. The molecule has 1 atom stereocenters. The van der Waals surface area contributed by atoms with Crippen LogP contribution in [0.1, 0.15) is 33.7 Å². The minimum absolute atomic E-state index is 0.0478. The second-order valence-corrected chi connectivity index (χ2v) is 11.6. The van der Waals surface area contributed by atoms with E-state index in [-0.39, 0.29) is 11.6 Å². The van der Waals surface area contributed by atoms with Crippen molar-refractivity contribution in [1.29, 1.82) is 0 Å². The SMILES string of the molecule is CCOc1ccccc1/C=C(\NC(=O)c1ccccc1)C(=O)Nc1ccc(SC(C(=O)Nc2ccccc2OC)c2ccccc2)cc1. The van der Waals surface area contributed by atoms with Crippen molar-refractivity contribution < 1.29 is 23.9 Å². The van der Waals surface area contributed by atoms with E-state index in [0.29, 0.717) is 40.6 Å². The Morgan fingerprint density at radius 1 is 0.729 bits per heavy atom. The van der Waals surface area contributed by atoms with E-state index >= 15 is 0 Å². The Hall–Kier alpha value is -5.80. The van der Waals surface area contributed by atoms with Gasteiger partial charge in [-0.15, -0.1) is 11.8 Å². The van der Waals surface area contributed by atoms with E-state index in [2.05, 4.69) is 16.0 Å². The lowest BCUT2D eigenvalue weighted by Crippen LogP contribution is -2.30. The summed E-state index contributed by atoms with van der Waals surface area (Å²) in [6, 6.07) is 39.9. The third-order valence-electron chi connectivity index (χ3n) is 7.12. The predicted molar refractivity (Wildman–Crippen MR) is 191 cm³/mol. The fourth-order valence-electron chi connectivity index (χ4n) is 4.78. The molecule has 5 rings (SSSR count). The molecule has 48 heavy (non-hydrogen) atoms. The number of nitrogens with one attached hydrogen (secondary N) is 3. The Kier molecular flexibility index (Phi) is 11.7. The zero-order valence-corrected chi connectivity index (χ0v) is 27.3. The second-order valence-electron chi connectivity index (χ2n) is 10.4. The van der Waals surface area contributed by atoms with Crippen LogP contribution in [-0.2, 0) is 9.59 Å². The van der Waals surface area contributed by atoms with Crippen LogP contribution < -0.4 is 25.4 Å². The van der Waals surface area contributed by atoms with Crippen LogP contribution in [0, 0.1) is 0 Å². The maximum absolute atomic E-state index is 13.6. The number of carbonyl (C=O) groups is 3. The smallest absolute Gasteiger partial charge is 0.272 e.